The lowest BCUT2D eigenvalue weighted by Gasteiger charge is -2.15. The average molecular weight is 435 g/mol. The Balaban J connectivity index is 1.59. The van der Waals surface area contributed by atoms with Gasteiger partial charge in [-0.15, -0.1) is 0 Å². The minimum absolute atomic E-state index is 0.0322. The van der Waals surface area contributed by atoms with Gasteiger partial charge in [-0.3, -0.25) is 4.79 Å². The lowest BCUT2D eigenvalue weighted by molar-refractivity contribution is -0.141. The number of furan rings is 1. The highest BCUT2D eigenvalue weighted by atomic mass is 16.4. The number of carbonyl (C=O) groups is 2. The Morgan fingerprint density at radius 2 is 1.78 bits per heavy atom. The summed E-state index contributed by atoms with van der Waals surface area (Å²) >= 11 is 0. The van der Waals surface area contributed by atoms with Crippen molar-refractivity contribution in [3.8, 4) is 5.75 Å². The highest BCUT2D eigenvalue weighted by Gasteiger charge is 2.23. The Hall–Kier alpha value is -4.07. The van der Waals surface area contributed by atoms with Gasteiger partial charge in [0, 0.05) is 23.3 Å². The molecule has 2 aromatic carbocycles. The highest BCUT2D eigenvalue weighted by molar-refractivity contribution is 5.96. The van der Waals surface area contributed by atoms with E-state index in [0.717, 1.165) is 10.9 Å². The molecule has 0 saturated carbocycles. The van der Waals surface area contributed by atoms with Gasteiger partial charge in [-0.25, -0.2) is 9.59 Å². The lowest BCUT2D eigenvalue weighted by Crippen LogP contribution is -2.43. The molecule has 1 atom stereocenters. The first-order valence-electron chi connectivity index (χ1n) is 9.97. The number of amides is 1. The molecule has 0 aliphatic rings. The third-order valence-corrected chi connectivity index (χ3v) is 5.52. The number of carboxylic acids is 1. The summed E-state index contributed by atoms with van der Waals surface area (Å²) < 4.78 is 10.9. The molecule has 0 bridgehead atoms. The maximum atomic E-state index is 12.6. The molecule has 8 nitrogen and oxygen atoms in total. The zero-order valence-electron chi connectivity index (χ0n) is 17.5. The number of hydrogen-bond donors (Lipinski definition) is 3. The van der Waals surface area contributed by atoms with Gasteiger partial charge in [-0.1, -0.05) is 12.1 Å². The number of hydrogen-bond acceptors (Lipinski definition) is 6. The monoisotopic (exact) mass is 435 g/mol. The summed E-state index contributed by atoms with van der Waals surface area (Å²) in [6, 6.07) is 8.36. The summed E-state index contributed by atoms with van der Waals surface area (Å²) in [7, 11) is 0. The van der Waals surface area contributed by atoms with Crippen molar-refractivity contribution in [2.45, 2.75) is 32.7 Å². The molecule has 2 aromatic heterocycles. The van der Waals surface area contributed by atoms with E-state index in [1.807, 2.05) is 13.0 Å². The predicted molar refractivity (Wildman–Crippen MR) is 117 cm³/mol. The van der Waals surface area contributed by atoms with Crippen LogP contribution in [0.3, 0.4) is 0 Å². The van der Waals surface area contributed by atoms with Crippen molar-refractivity contribution in [1.29, 1.82) is 0 Å². The molecular formula is C24H21NO7. The van der Waals surface area contributed by atoms with Gasteiger partial charge in [0.25, 0.3) is 0 Å². The van der Waals surface area contributed by atoms with Crippen LogP contribution in [0.1, 0.15) is 22.3 Å². The van der Waals surface area contributed by atoms with Crippen LogP contribution in [-0.2, 0) is 22.4 Å². The fraction of sp³-hybridized carbons (Fsp3) is 0.208. The van der Waals surface area contributed by atoms with Crippen LogP contribution < -0.4 is 10.9 Å². The Kier molecular flexibility index (Phi) is 5.44. The first kappa shape index (κ1) is 21.2. The van der Waals surface area contributed by atoms with E-state index in [4.69, 9.17) is 8.83 Å². The number of phenols is 1. The van der Waals surface area contributed by atoms with Crippen LogP contribution in [0.25, 0.3) is 21.9 Å². The molecule has 164 valence electrons. The van der Waals surface area contributed by atoms with Crippen molar-refractivity contribution in [2.24, 2.45) is 0 Å². The average Bonchev–Trinajstić information content (AvgIpc) is 3.10. The van der Waals surface area contributed by atoms with E-state index in [-0.39, 0.29) is 24.2 Å². The van der Waals surface area contributed by atoms with Crippen molar-refractivity contribution in [2.75, 3.05) is 0 Å². The molecule has 0 spiro atoms. The number of carbonyl (C=O) groups excluding carboxylic acids is 1. The van der Waals surface area contributed by atoms with Crippen LogP contribution in [0.15, 0.2) is 56.3 Å². The first-order valence-corrected chi connectivity index (χ1v) is 9.97. The minimum atomic E-state index is -1.20. The zero-order chi connectivity index (χ0) is 23.0. The number of aliphatic carboxylic acids is 1. The van der Waals surface area contributed by atoms with Crippen LogP contribution in [-0.4, -0.2) is 28.1 Å². The highest BCUT2D eigenvalue weighted by Crippen LogP contribution is 2.28. The Morgan fingerprint density at radius 1 is 1.06 bits per heavy atom. The van der Waals surface area contributed by atoms with Crippen molar-refractivity contribution in [3.05, 3.63) is 75.3 Å². The van der Waals surface area contributed by atoms with Gasteiger partial charge in [0.15, 0.2) is 0 Å². The SMILES string of the molecule is Cc1coc2cc3oc(=O)c(CC(=O)N[C@H](Cc4ccc(O)cc4)C(=O)O)c(C)c3cc12. The maximum Gasteiger partial charge on any atom is 0.340 e. The maximum absolute atomic E-state index is 12.6. The van der Waals surface area contributed by atoms with E-state index < -0.39 is 23.5 Å². The molecular weight excluding hydrogens is 414 g/mol. The summed E-state index contributed by atoms with van der Waals surface area (Å²) in [5.74, 6) is -1.75. The van der Waals surface area contributed by atoms with Crippen LogP contribution >= 0.6 is 0 Å². The van der Waals surface area contributed by atoms with Crippen molar-refractivity contribution in [1.82, 2.24) is 5.32 Å². The van der Waals surface area contributed by atoms with Gasteiger partial charge < -0.3 is 24.4 Å². The topological polar surface area (TPSA) is 130 Å². The molecule has 8 heteroatoms. The number of rotatable bonds is 6. The summed E-state index contributed by atoms with van der Waals surface area (Å²) in [6.07, 6.45) is 1.34. The molecule has 2 heterocycles. The Labute approximate surface area is 182 Å². The predicted octanol–water partition coefficient (Wildman–Crippen LogP) is 3.22. The van der Waals surface area contributed by atoms with Crippen LogP contribution in [0.2, 0.25) is 0 Å². The van der Waals surface area contributed by atoms with Crippen molar-refractivity contribution in [3.63, 3.8) is 0 Å². The first-order chi connectivity index (χ1) is 15.2. The molecule has 0 aliphatic heterocycles. The second-order valence-electron chi connectivity index (χ2n) is 7.76. The fourth-order valence-corrected chi connectivity index (χ4v) is 3.72. The smallest absolute Gasteiger partial charge is 0.340 e. The van der Waals surface area contributed by atoms with Gasteiger partial charge in [-0.05, 0) is 48.7 Å². The van der Waals surface area contributed by atoms with Crippen molar-refractivity contribution >= 4 is 33.8 Å². The normalized spacial score (nSPS) is 12.2. The number of benzene rings is 2. The summed E-state index contributed by atoms with van der Waals surface area (Å²) in [5, 5.41) is 22.9. The fourth-order valence-electron chi connectivity index (χ4n) is 3.72. The largest absolute Gasteiger partial charge is 0.508 e. The van der Waals surface area contributed by atoms with E-state index in [9.17, 15) is 24.6 Å². The van der Waals surface area contributed by atoms with Gasteiger partial charge in [0.1, 0.15) is 23.0 Å². The van der Waals surface area contributed by atoms with E-state index in [1.54, 1.807) is 31.4 Å². The third kappa shape index (κ3) is 4.07. The number of phenolic OH excluding ortho intramolecular Hbond substituents is 1. The molecule has 32 heavy (non-hydrogen) atoms. The van der Waals surface area contributed by atoms with Crippen molar-refractivity contribution < 1.29 is 28.6 Å². The number of carboxylic acid groups (broad SMARTS) is 1. The Bertz CT molecular complexity index is 1400. The number of nitrogens with one attached hydrogen (secondary N) is 1. The quantitative estimate of drug-likeness (QED) is 0.397. The molecule has 4 aromatic rings. The van der Waals surface area contributed by atoms with E-state index >= 15 is 0 Å². The van der Waals surface area contributed by atoms with E-state index in [1.165, 1.54) is 12.1 Å². The second kappa shape index (κ2) is 8.22. The van der Waals surface area contributed by atoms with Gasteiger partial charge >= 0.3 is 11.6 Å². The van der Waals surface area contributed by atoms with Crippen LogP contribution in [0.4, 0.5) is 0 Å². The molecule has 0 radical (unpaired) electrons. The molecule has 0 fully saturated rings. The van der Waals surface area contributed by atoms with E-state index in [2.05, 4.69) is 5.32 Å². The number of aromatic hydroxyl groups is 1. The molecule has 0 saturated heterocycles. The van der Waals surface area contributed by atoms with Gasteiger partial charge in [0.2, 0.25) is 5.91 Å². The van der Waals surface area contributed by atoms with Gasteiger partial charge in [0.05, 0.1) is 18.2 Å². The molecule has 1 amide bonds. The van der Waals surface area contributed by atoms with Crippen LogP contribution in [0, 0.1) is 13.8 Å². The number of fused-ring (bicyclic) bond motifs is 2. The lowest BCUT2D eigenvalue weighted by atomic mass is 10.0. The molecule has 0 aliphatic carbocycles. The number of aryl methyl sites for hydroxylation is 2. The summed E-state index contributed by atoms with van der Waals surface area (Å²) in [4.78, 5) is 36.8. The standard InChI is InChI=1S/C24H21NO7/c1-12-11-31-20-10-21-17(8-16(12)20)13(2)18(24(30)32-21)9-22(27)25-19(23(28)29)7-14-3-5-15(26)6-4-14/h3-6,8,10-11,19,26H,7,9H2,1-2H3,(H,25,27)(H,28,29)/t19-/m1/s1. The molecule has 3 N–H and O–H groups in total. The molecule has 4 rings (SSSR count). The van der Waals surface area contributed by atoms with Crippen LogP contribution in [0.5, 0.6) is 5.75 Å². The summed E-state index contributed by atoms with van der Waals surface area (Å²) in [5.41, 5.74) is 2.64. The minimum Gasteiger partial charge on any atom is -0.508 e. The van der Waals surface area contributed by atoms with E-state index in [0.29, 0.717) is 27.7 Å². The van der Waals surface area contributed by atoms with Gasteiger partial charge in [-0.2, -0.15) is 0 Å². The third-order valence-electron chi connectivity index (χ3n) is 5.52. The second-order valence-corrected chi connectivity index (χ2v) is 7.76. The summed E-state index contributed by atoms with van der Waals surface area (Å²) in [6.45, 7) is 3.63. The molecule has 0 unspecified atom stereocenters. The zero-order valence-corrected chi connectivity index (χ0v) is 17.5. The Morgan fingerprint density at radius 3 is 2.47 bits per heavy atom.